The summed E-state index contributed by atoms with van der Waals surface area (Å²) in [5, 5.41) is 19.9. The van der Waals surface area contributed by atoms with E-state index in [9.17, 15) is 4.79 Å². The van der Waals surface area contributed by atoms with Crippen molar-refractivity contribution in [3.8, 4) is 11.8 Å². The molecule has 0 aliphatic heterocycles. The van der Waals surface area contributed by atoms with Crippen molar-refractivity contribution in [1.82, 2.24) is 15.0 Å². The molecule has 6 heteroatoms. The first-order valence-corrected chi connectivity index (χ1v) is 6.74. The number of benzene rings is 1. The standard InChI is InChI=1S/C15H17N5O/c1-10(2)7-15-14(9-16)18-19-20(15)13-6-4-5-12(8-13)17-11(3)21/h4-6,8,10H,7H2,1-3H3,(H,17,21). The number of nitriles is 1. The first-order valence-electron chi connectivity index (χ1n) is 6.74. The number of carbonyl (C=O) groups excluding carboxylic acids is 1. The molecule has 0 atom stereocenters. The number of anilines is 1. The van der Waals surface area contributed by atoms with Crippen molar-refractivity contribution >= 4 is 11.6 Å². The zero-order chi connectivity index (χ0) is 15.4. The van der Waals surface area contributed by atoms with Crippen molar-refractivity contribution in [1.29, 1.82) is 5.26 Å². The molecule has 1 aromatic carbocycles. The smallest absolute Gasteiger partial charge is 0.221 e. The van der Waals surface area contributed by atoms with Crippen LogP contribution >= 0.6 is 0 Å². The molecule has 2 aromatic rings. The molecule has 0 spiro atoms. The lowest BCUT2D eigenvalue weighted by atomic mass is 10.1. The average Bonchev–Trinajstić information content (AvgIpc) is 2.80. The maximum atomic E-state index is 11.1. The van der Waals surface area contributed by atoms with E-state index < -0.39 is 0 Å². The van der Waals surface area contributed by atoms with E-state index in [0.29, 0.717) is 23.7 Å². The maximum Gasteiger partial charge on any atom is 0.221 e. The van der Waals surface area contributed by atoms with Crippen LogP contribution in [0.15, 0.2) is 24.3 Å². The molecule has 0 fully saturated rings. The Balaban J connectivity index is 2.44. The molecule has 0 radical (unpaired) electrons. The van der Waals surface area contributed by atoms with Gasteiger partial charge in [-0.2, -0.15) is 5.26 Å². The Morgan fingerprint density at radius 3 is 2.86 bits per heavy atom. The number of hydrogen-bond acceptors (Lipinski definition) is 4. The molecular formula is C15H17N5O. The fourth-order valence-corrected chi connectivity index (χ4v) is 2.08. The topological polar surface area (TPSA) is 83.6 Å². The summed E-state index contributed by atoms with van der Waals surface area (Å²) >= 11 is 0. The second-order valence-electron chi connectivity index (χ2n) is 5.24. The number of rotatable bonds is 4. The number of aromatic nitrogens is 3. The van der Waals surface area contributed by atoms with E-state index in [1.807, 2.05) is 12.1 Å². The van der Waals surface area contributed by atoms with Crippen molar-refractivity contribution in [2.75, 3.05) is 5.32 Å². The Morgan fingerprint density at radius 1 is 1.48 bits per heavy atom. The fraction of sp³-hybridized carbons (Fsp3) is 0.333. The molecule has 0 saturated carbocycles. The van der Waals surface area contributed by atoms with Gasteiger partial charge in [-0.1, -0.05) is 25.1 Å². The van der Waals surface area contributed by atoms with Crippen LogP contribution in [-0.4, -0.2) is 20.9 Å². The van der Waals surface area contributed by atoms with Gasteiger partial charge in [-0.05, 0) is 30.5 Å². The highest BCUT2D eigenvalue weighted by Crippen LogP contribution is 2.19. The van der Waals surface area contributed by atoms with Crippen LogP contribution in [0.25, 0.3) is 5.69 Å². The number of hydrogen-bond donors (Lipinski definition) is 1. The van der Waals surface area contributed by atoms with Gasteiger partial charge >= 0.3 is 0 Å². The lowest BCUT2D eigenvalue weighted by Gasteiger charge is -2.10. The quantitative estimate of drug-likeness (QED) is 0.933. The molecular weight excluding hydrogens is 266 g/mol. The Kier molecular flexibility index (Phi) is 4.33. The minimum absolute atomic E-state index is 0.133. The molecule has 1 aromatic heterocycles. The molecule has 1 heterocycles. The van der Waals surface area contributed by atoms with Crippen LogP contribution in [0.3, 0.4) is 0 Å². The molecule has 0 aliphatic carbocycles. The highest BCUT2D eigenvalue weighted by molar-refractivity contribution is 5.88. The van der Waals surface area contributed by atoms with Gasteiger partial charge in [0.15, 0.2) is 5.69 Å². The third-order valence-electron chi connectivity index (χ3n) is 2.88. The lowest BCUT2D eigenvalue weighted by molar-refractivity contribution is -0.114. The van der Waals surface area contributed by atoms with E-state index in [1.54, 1.807) is 16.8 Å². The first-order chi connectivity index (χ1) is 10.0. The van der Waals surface area contributed by atoms with Gasteiger partial charge in [0.25, 0.3) is 0 Å². The van der Waals surface area contributed by atoms with E-state index in [2.05, 4.69) is 35.5 Å². The van der Waals surface area contributed by atoms with E-state index in [0.717, 1.165) is 11.4 Å². The van der Waals surface area contributed by atoms with E-state index in [4.69, 9.17) is 5.26 Å². The predicted molar refractivity (Wildman–Crippen MR) is 78.9 cm³/mol. The lowest BCUT2D eigenvalue weighted by Crippen LogP contribution is -2.09. The second-order valence-corrected chi connectivity index (χ2v) is 5.24. The summed E-state index contributed by atoms with van der Waals surface area (Å²) in [4.78, 5) is 11.1. The number of amides is 1. The Labute approximate surface area is 123 Å². The minimum atomic E-state index is -0.133. The summed E-state index contributed by atoms with van der Waals surface area (Å²) < 4.78 is 1.66. The average molecular weight is 283 g/mol. The normalized spacial score (nSPS) is 10.4. The summed E-state index contributed by atoms with van der Waals surface area (Å²) in [6.45, 7) is 5.61. The Bertz CT molecular complexity index is 696. The van der Waals surface area contributed by atoms with E-state index in [1.165, 1.54) is 6.92 Å². The summed E-state index contributed by atoms with van der Waals surface area (Å²) in [5.74, 6) is 0.249. The second kappa shape index (κ2) is 6.18. The summed E-state index contributed by atoms with van der Waals surface area (Å²) in [5.41, 5.74) is 2.58. The largest absolute Gasteiger partial charge is 0.326 e. The van der Waals surface area contributed by atoms with Crippen molar-refractivity contribution in [2.24, 2.45) is 5.92 Å². The van der Waals surface area contributed by atoms with Gasteiger partial charge in [-0.15, -0.1) is 5.10 Å². The van der Waals surface area contributed by atoms with Crippen molar-refractivity contribution in [3.63, 3.8) is 0 Å². The molecule has 108 valence electrons. The zero-order valence-corrected chi connectivity index (χ0v) is 12.3. The summed E-state index contributed by atoms with van der Waals surface area (Å²) in [7, 11) is 0. The van der Waals surface area contributed by atoms with Gasteiger partial charge in [-0.25, -0.2) is 4.68 Å². The van der Waals surface area contributed by atoms with Gasteiger partial charge in [0, 0.05) is 12.6 Å². The zero-order valence-electron chi connectivity index (χ0n) is 12.3. The third kappa shape index (κ3) is 3.45. The Morgan fingerprint density at radius 2 is 2.24 bits per heavy atom. The first kappa shape index (κ1) is 14.7. The SMILES string of the molecule is CC(=O)Nc1cccc(-n2nnc(C#N)c2CC(C)C)c1. The monoisotopic (exact) mass is 283 g/mol. The van der Waals surface area contributed by atoms with Crippen LogP contribution in [-0.2, 0) is 11.2 Å². The van der Waals surface area contributed by atoms with Crippen LogP contribution in [0, 0.1) is 17.2 Å². The van der Waals surface area contributed by atoms with Crippen molar-refractivity contribution in [2.45, 2.75) is 27.2 Å². The summed E-state index contributed by atoms with van der Waals surface area (Å²) in [6, 6.07) is 9.37. The number of carbonyl (C=O) groups is 1. The molecule has 1 amide bonds. The summed E-state index contributed by atoms with van der Waals surface area (Å²) in [6.07, 6.45) is 0.709. The minimum Gasteiger partial charge on any atom is -0.326 e. The van der Waals surface area contributed by atoms with Crippen molar-refractivity contribution in [3.05, 3.63) is 35.7 Å². The molecule has 0 aliphatic rings. The third-order valence-corrected chi connectivity index (χ3v) is 2.88. The van der Waals surface area contributed by atoms with E-state index in [-0.39, 0.29) is 5.91 Å². The molecule has 1 N–H and O–H groups in total. The molecule has 21 heavy (non-hydrogen) atoms. The number of nitrogens with one attached hydrogen (secondary N) is 1. The predicted octanol–water partition coefficient (Wildman–Crippen LogP) is 2.30. The molecule has 0 unspecified atom stereocenters. The maximum absolute atomic E-state index is 11.1. The van der Waals surface area contributed by atoms with Crippen molar-refractivity contribution < 1.29 is 4.79 Å². The van der Waals surface area contributed by atoms with Crippen LogP contribution in [0.1, 0.15) is 32.2 Å². The fourth-order valence-electron chi connectivity index (χ4n) is 2.08. The van der Waals surface area contributed by atoms with Gasteiger partial charge < -0.3 is 5.32 Å². The molecule has 0 bridgehead atoms. The molecule has 0 saturated heterocycles. The Hall–Kier alpha value is -2.68. The highest BCUT2D eigenvalue weighted by atomic mass is 16.1. The van der Waals surface area contributed by atoms with Gasteiger partial charge in [0.2, 0.25) is 5.91 Å². The molecule has 6 nitrogen and oxygen atoms in total. The number of nitrogens with zero attached hydrogens (tertiary/aromatic N) is 4. The van der Waals surface area contributed by atoms with Crippen LogP contribution in [0.2, 0.25) is 0 Å². The highest BCUT2D eigenvalue weighted by Gasteiger charge is 2.15. The van der Waals surface area contributed by atoms with Crippen LogP contribution < -0.4 is 5.32 Å². The van der Waals surface area contributed by atoms with Gasteiger partial charge in [0.05, 0.1) is 11.4 Å². The van der Waals surface area contributed by atoms with Gasteiger partial charge in [0.1, 0.15) is 6.07 Å². The molecule has 2 rings (SSSR count). The van der Waals surface area contributed by atoms with Crippen LogP contribution in [0.4, 0.5) is 5.69 Å². The van der Waals surface area contributed by atoms with E-state index >= 15 is 0 Å². The van der Waals surface area contributed by atoms with Gasteiger partial charge in [-0.3, -0.25) is 4.79 Å². The van der Waals surface area contributed by atoms with Crippen LogP contribution in [0.5, 0.6) is 0 Å².